The number of esters is 3. The SMILES string of the molecule is CCOC(=O)c1cn(CC)c2ccc(CCCOCCO[C@H]3[C@H](C)O[C@@H](O[C@H]4[C@H](C)[C@@H](O[C@@H]5O[C@H](C)C[C@H](N(C)C)[C@H]5OC(C)=O)[C@](C)(O)C[C@@H](C)CN(C)[C@H](C)[C@@H](O)[C@](C)(O)[C@@H](CC)OC(=O)[C@@H]4C)C[C@@]3(C)OC)cc2c1=O. The maximum absolute atomic E-state index is 14.7. The van der Waals surface area contributed by atoms with Crippen molar-refractivity contribution in [3.05, 3.63) is 45.7 Å². The van der Waals surface area contributed by atoms with E-state index in [0.29, 0.717) is 44.3 Å². The van der Waals surface area contributed by atoms with Crippen molar-refractivity contribution < 1.29 is 77.1 Å². The number of carbonyl (C=O) groups excluding carboxylic acids is 3. The molecule has 2 aromatic rings. The maximum Gasteiger partial charge on any atom is 0.343 e. The quantitative estimate of drug-likeness (QED) is 0.0875. The Hall–Kier alpha value is -3.64. The van der Waals surface area contributed by atoms with Crippen molar-refractivity contribution in [1.29, 1.82) is 0 Å². The third-order valence-corrected chi connectivity index (χ3v) is 16.7. The molecule has 1 aromatic heterocycles. The highest BCUT2D eigenvalue weighted by Gasteiger charge is 2.54. The number of methoxy groups -OCH3 is 1. The van der Waals surface area contributed by atoms with E-state index in [1.54, 1.807) is 47.9 Å². The van der Waals surface area contributed by atoms with E-state index in [2.05, 4.69) is 0 Å². The maximum atomic E-state index is 14.7. The predicted octanol–water partition coefficient (Wildman–Crippen LogP) is 5.66. The number of likely N-dealkylation sites (N-methyl/N-ethyl adjacent to an activating group) is 2. The van der Waals surface area contributed by atoms with Crippen LogP contribution >= 0.6 is 0 Å². The molecule has 20 nitrogen and oxygen atoms in total. The normalized spacial score (nSPS) is 36.6. The molecule has 3 N–H and O–H groups in total. The lowest BCUT2D eigenvalue weighted by molar-refractivity contribution is -0.321. The van der Waals surface area contributed by atoms with Crippen molar-refractivity contribution in [2.75, 3.05) is 61.2 Å². The fourth-order valence-electron chi connectivity index (χ4n) is 12.3. The van der Waals surface area contributed by atoms with E-state index < -0.39 is 108 Å². The number of benzene rings is 1. The first-order chi connectivity index (χ1) is 37.0. The smallest absolute Gasteiger partial charge is 0.343 e. The van der Waals surface area contributed by atoms with Gasteiger partial charge in [0.25, 0.3) is 0 Å². The van der Waals surface area contributed by atoms with Gasteiger partial charge in [-0.1, -0.05) is 26.8 Å². The van der Waals surface area contributed by atoms with Gasteiger partial charge in [-0.05, 0) is 139 Å². The second kappa shape index (κ2) is 28.6. The fraction of sp³-hybridized carbons (Fsp3) is 0.797. The van der Waals surface area contributed by atoms with Gasteiger partial charge >= 0.3 is 17.9 Å². The highest BCUT2D eigenvalue weighted by atomic mass is 16.7. The van der Waals surface area contributed by atoms with Crippen molar-refractivity contribution >= 4 is 28.8 Å². The third-order valence-electron chi connectivity index (χ3n) is 16.7. The van der Waals surface area contributed by atoms with E-state index in [-0.39, 0.29) is 68.1 Å². The number of ether oxygens (including phenoxy) is 10. The highest BCUT2D eigenvalue weighted by Crippen LogP contribution is 2.41. The molecule has 450 valence electrons. The van der Waals surface area contributed by atoms with Crippen LogP contribution in [-0.2, 0) is 69.9 Å². The average molecular weight is 1120 g/mol. The molecule has 79 heavy (non-hydrogen) atoms. The molecule has 3 saturated heterocycles. The van der Waals surface area contributed by atoms with Gasteiger partial charge in [-0.15, -0.1) is 0 Å². The Bertz CT molecular complexity index is 2360. The molecule has 0 amide bonds. The summed E-state index contributed by atoms with van der Waals surface area (Å²) in [6.45, 7) is 25.0. The van der Waals surface area contributed by atoms with Crippen molar-refractivity contribution in [2.24, 2.45) is 17.8 Å². The van der Waals surface area contributed by atoms with Gasteiger partial charge in [0.05, 0.1) is 72.9 Å². The van der Waals surface area contributed by atoms with E-state index in [1.807, 2.05) is 95.3 Å². The van der Waals surface area contributed by atoms with Crippen LogP contribution in [0.2, 0.25) is 0 Å². The largest absolute Gasteiger partial charge is 0.462 e. The number of hydrogen-bond acceptors (Lipinski definition) is 19. The Morgan fingerprint density at radius 3 is 2.23 bits per heavy atom. The summed E-state index contributed by atoms with van der Waals surface area (Å²) in [5, 5.41) is 37.1. The molecule has 3 fully saturated rings. The average Bonchev–Trinajstić information content (AvgIpc) is 3.43. The summed E-state index contributed by atoms with van der Waals surface area (Å²) in [6, 6.07) is 4.84. The molecule has 20 heteroatoms. The van der Waals surface area contributed by atoms with Crippen molar-refractivity contribution in [2.45, 2.75) is 225 Å². The zero-order valence-electron chi connectivity index (χ0n) is 50.4. The molecular formula is C59H97N3O17. The summed E-state index contributed by atoms with van der Waals surface area (Å²) in [7, 11) is 7.22. The Labute approximate surface area is 468 Å². The summed E-state index contributed by atoms with van der Waals surface area (Å²) in [6.07, 6.45) is -5.22. The molecule has 3 aliphatic rings. The number of aromatic nitrogens is 1. The lowest BCUT2D eigenvalue weighted by Crippen LogP contribution is -2.61. The first-order valence-electron chi connectivity index (χ1n) is 28.6. The zero-order valence-corrected chi connectivity index (χ0v) is 50.4. The minimum Gasteiger partial charge on any atom is -0.462 e. The van der Waals surface area contributed by atoms with Crippen LogP contribution in [0.5, 0.6) is 0 Å². The minimum atomic E-state index is -1.86. The Morgan fingerprint density at radius 1 is 0.911 bits per heavy atom. The Kier molecular flexibility index (Phi) is 23.9. The number of aliphatic hydroxyl groups excluding tert-OH is 1. The number of rotatable bonds is 19. The van der Waals surface area contributed by atoms with Crippen molar-refractivity contribution in [3.8, 4) is 0 Å². The molecule has 3 aliphatic heterocycles. The predicted molar refractivity (Wildman–Crippen MR) is 296 cm³/mol. The lowest BCUT2D eigenvalue weighted by atomic mass is 9.77. The number of cyclic esters (lactones) is 1. The number of hydrogen-bond donors (Lipinski definition) is 3. The van der Waals surface area contributed by atoms with Gasteiger partial charge in [0.2, 0.25) is 5.43 Å². The van der Waals surface area contributed by atoms with Crippen LogP contribution in [0.15, 0.2) is 29.2 Å². The minimum absolute atomic E-state index is 0.0124. The molecule has 0 unspecified atom stereocenters. The zero-order chi connectivity index (χ0) is 58.9. The summed E-state index contributed by atoms with van der Waals surface area (Å²) in [5.74, 6) is -3.98. The second-order valence-corrected chi connectivity index (χ2v) is 23.5. The van der Waals surface area contributed by atoms with Crippen molar-refractivity contribution in [3.63, 3.8) is 0 Å². The number of pyridine rings is 1. The molecule has 5 rings (SSSR count). The standard InChI is InChI=1S/C59H97N3O17/c1-18-46-59(13,69)51(65)38(8)61(16)32-34(4)30-57(11,68)52(79-56-50(76-40(10)63)45(60(14)15)28-35(5)74-56)36(6)49(37(7)54(66)77-46)78-47-31-58(12,70-17)53(39(9)75-47)73-27-26-71-25-21-22-41-23-24-44-42(29-41)48(64)43(33-62(44)19-2)55(67)72-20-3/h23-24,29,33-39,45-47,49-53,56,65,68-69H,18-22,25-28,30-32H2,1-17H3/t34-,35-,36+,37-,38-,39+,45+,46-,47+,49+,50-,51-,52-,53+,56+,57-,58-,59-/m1/s1. The first-order valence-corrected chi connectivity index (χ1v) is 28.6. The van der Waals surface area contributed by atoms with E-state index in [9.17, 15) is 34.5 Å². The van der Waals surface area contributed by atoms with Crippen LogP contribution in [0.3, 0.4) is 0 Å². The molecular weight excluding hydrogens is 1020 g/mol. The summed E-state index contributed by atoms with van der Waals surface area (Å²) in [5.41, 5.74) is -3.12. The van der Waals surface area contributed by atoms with Crippen LogP contribution in [0.1, 0.15) is 138 Å². The molecule has 0 radical (unpaired) electrons. The van der Waals surface area contributed by atoms with Gasteiger partial charge in [-0.3, -0.25) is 14.4 Å². The van der Waals surface area contributed by atoms with Crippen LogP contribution in [-0.4, -0.2) is 199 Å². The van der Waals surface area contributed by atoms with E-state index in [1.165, 1.54) is 13.8 Å². The molecule has 1 aromatic carbocycles. The molecule has 0 spiro atoms. The summed E-state index contributed by atoms with van der Waals surface area (Å²) < 4.78 is 65.0. The van der Waals surface area contributed by atoms with Gasteiger partial charge in [0, 0.05) is 63.7 Å². The van der Waals surface area contributed by atoms with Gasteiger partial charge in [-0.2, -0.15) is 0 Å². The number of aryl methyl sites for hydroxylation is 2. The molecule has 4 heterocycles. The van der Waals surface area contributed by atoms with Crippen LogP contribution in [0.4, 0.5) is 0 Å². The summed E-state index contributed by atoms with van der Waals surface area (Å²) in [4.78, 5) is 57.2. The van der Waals surface area contributed by atoms with E-state index in [0.717, 1.165) is 11.1 Å². The fourth-order valence-corrected chi connectivity index (χ4v) is 12.3. The number of carbonyl (C=O) groups is 3. The Morgan fingerprint density at radius 2 is 1.61 bits per heavy atom. The monoisotopic (exact) mass is 1120 g/mol. The third kappa shape index (κ3) is 16.1. The van der Waals surface area contributed by atoms with E-state index in [4.69, 9.17) is 47.4 Å². The highest BCUT2D eigenvalue weighted by molar-refractivity contribution is 5.94. The van der Waals surface area contributed by atoms with Gasteiger partial charge in [-0.25, -0.2) is 4.79 Å². The number of aliphatic hydroxyl groups is 3. The topological polar surface area (TPSA) is 233 Å². The lowest BCUT2D eigenvalue weighted by Gasteiger charge is -2.49. The molecule has 0 bridgehead atoms. The molecule has 0 aliphatic carbocycles. The summed E-state index contributed by atoms with van der Waals surface area (Å²) >= 11 is 0. The van der Waals surface area contributed by atoms with Crippen LogP contribution in [0.25, 0.3) is 10.9 Å². The number of fused-ring (bicyclic) bond motifs is 1. The molecule has 18 atom stereocenters. The van der Waals surface area contributed by atoms with Crippen LogP contribution in [0, 0.1) is 17.8 Å². The van der Waals surface area contributed by atoms with Crippen LogP contribution < -0.4 is 5.43 Å². The van der Waals surface area contributed by atoms with Gasteiger partial charge < -0.3 is 77.1 Å². The van der Waals surface area contributed by atoms with Crippen molar-refractivity contribution in [1.82, 2.24) is 14.4 Å². The Balaban J connectivity index is 1.37. The first kappa shape index (κ1) is 66.2. The number of nitrogens with zero attached hydrogens (tertiary/aromatic N) is 3. The van der Waals surface area contributed by atoms with E-state index >= 15 is 0 Å². The molecule has 0 saturated carbocycles. The second-order valence-electron chi connectivity index (χ2n) is 23.5. The van der Waals surface area contributed by atoms with Gasteiger partial charge in [0.1, 0.15) is 29.5 Å². The van der Waals surface area contributed by atoms with Gasteiger partial charge in [0.15, 0.2) is 18.7 Å².